The molecule has 17 heteroatoms. The molecule has 1 aromatic heterocycles. The van der Waals surface area contributed by atoms with E-state index in [0.29, 0.717) is 57.2 Å². The number of aromatic nitrogens is 2. The number of nitrogens with one attached hydrogen (secondary N) is 3. The van der Waals surface area contributed by atoms with E-state index in [4.69, 9.17) is 16.3 Å². The van der Waals surface area contributed by atoms with E-state index in [-0.39, 0.29) is 18.7 Å². The van der Waals surface area contributed by atoms with E-state index in [1.54, 1.807) is 32.6 Å². The average Bonchev–Trinajstić information content (AvgIpc) is 3.51. The number of methoxy groups -OCH3 is 1. The van der Waals surface area contributed by atoms with Crippen molar-refractivity contribution >= 4 is 76.5 Å². The van der Waals surface area contributed by atoms with E-state index in [1.165, 1.54) is 11.8 Å². The molecule has 0 bridgehead atoms. The van der Waals surface area contributed by atoms with Crippen molar-refractivity contribution < 1.29 is 28.5 Å². The highest BCUT2D eigenvalue weighted by molar-refractivity contribution is 7.70. The number of para-hydroxylation sites is 1. The zero-order valence-electron chi connectivity index (χ0n) is 35.8. The summed E-state index contributed by atoms with van der Waals surface area (Å²) in [7, 11) is -0.880. The van der Waals surface area contributed by atoms with Gasteiger partial charge in [-0.3, -0.25) is 39.2 Å². The van der Waals surface area contributed by atoms with Crippen molar-refractivity contribution in [1.82, 2.24) is 30.0 Å². The maximum Gasteiger partial charge on any atom is 0.262 e. The lowest BCUT2D eigenvalue weighted by atomic mass is 9.87. The smallest absolute Gasteiger partial charge is 0.262 e. The predicted octanol–water partition coefficient (Wildman–Crippen LogP) is 6.06. The van der Waals surface area contributed by atoms with E-state index in [1.807, 2.05) is 36.4 Å². The number of hydrogen-bond acceptors (Lipinski definition) is 13. The van der Waals surface area contributed by atoms with E-state index in [0.717, 1.165) is 93.1 Å². The van der Waals surface area contributed by atoms with Crippen LogP contribution in [0, 0.1) is 5.92 Å². The summed E-state index contributed by atoms with van der Waals surface area (Å²) in [5.74, 6) is 0.585. The SMILES string of the molecule is COc1cc(C2CCN(C3CN(CC4CCN(c5ccc6c(c5)C(=O)N(C5CCC(=O)NC5=O)C6=O)CC4)C3)CC2)ccc1Nc1ncc(Cl)c(Nc2ccccc2P(C)(C)=O)n1. The number of carbonyl (C=O) groups excluding carboxylic acids is 4. The molecule has 0 spiro atoms. The van der Waals surface area contributed by atoms with Crippen LogP contribution >= 0.6 is 18.7 Å². The number of benzene rings is 3. The first-order valence-corrected chi connectivity index (χ1v) is 24.8. The second kappa shape index (κ2) is 17.7. The Morgan fingerprint density at radius 1 is 0.857 bits per heavy atom. The number of fused-ring (bicyclic) bond motifs is 1. The van der Waals surface area contributed by atoms with Gasteiger partial charge in [-0.15, -0.1) is 0 Å². The van der Waals surface area contributed by atoms with Gasteiger partial charge in [-0.2, -0.15) is 4.98 Å². The first kappa shape index (κ1) is 42.9. The molecule has 4 amide bonds. The minimum Gasteiger partial charge on any atom is -0.495 e. The molecule has 5 aliphatic rings. The van der Waals surface area contributed by atoms with E-state index >= 15 is 0 Å². The Balaban J connectivity index is 0.728. The second-order valence-electron chi connectivity index (χ2n) is 17.8. The molecule has 15 nitrogen and oxygen atoms in total. The summed E-state index contributed by atoms with van der Waals surface area (Å²) >= 11 is 6.49. The zero-order valence-corrected chi connectivity index (χ0v) is 37.5. The van der Waals surface area contributed by atoms with Crippen LogP contribution in [0.5, 0.6) is 5.75 Å². The van der Waals surface area contributed by atoms with E-state index in [9.17, 15) is 23.7 Å². The maximum absolute atomic E-state index is 13.4. The average molecular weight is 894 g/mol. The van der Waals surface area contributed by atoms with Gasteiger partial charge in [0.2, 0.25) is 17.8 Å². The molecular formula is C46H53ClN9O6P. The van der Waals surface area contributed by atoms with Gasteiger partial charge < -0.3 is 24.8 Å². The Bertz CT molecular complexity index is 2500. The van der Waals surface area contributed by atoms with Crippen molar-refractivity contribution in [3.05, 3.63) is 88.6 Å². The van der Waals surface area contributed by atoms with Crippen LogP contribution in [-0.2, 0) is 14.2 Å². The topological polar surface area (TPSA) is 169 Å². The molecule has 4 aromatic rings. The van der Waals surface area contributed by atoms with Crippen LogP contribution in [0.4, 0.5) is 28.8 Å². The number of ether oxygens (including phenoxy) is 1. The van der Waals surface area contributed by atoms with Crippen molar-refractivity contribution in [2.24, 2.45) is 5.92 Å². The highest BCUT2D eigenvalue weighted by Gasteiger charge is 2.45. The van der Waals surface area contributed by atoms with Crippen LogP contribution in [-0.4, -0.2) is 127 Å². The fraction of sp³-hybridized carbons (Fsp3) is 0.435. The van der Waals surface area contributed by atoms with Crippen LogP contribution in [0.2, 0.25) is 5.02 Å². The normalized spacial score (nSPS) is 20.7. The summed E-state index contributed by atoms with van der Waals surface area (Å²) < 4.78 is 18.8. The maximum atomic E-state index is 13.4. The highest BCUT2D eigenvalue weighted by Crippen LogP contribution is 2.40. The van der Waals surface area contributed by atoms with Gasteiger partial charge in [-0.05, 0) is 118 Å². The quantitative estimate of drug-likeness (QED) is 0.111. The number of likely N-dealkylation sites (tertiary alicyclic amines) is 2. The molecule has 330 valence electrons. The summed E-state index contributed by atoms with van der Waals surface area (Å²) in [5, 5.41) is 9.87. The number of nitrogens with zero attached hydrogens (tertiary/aromatic N) is 6. The molecule has 6 heterocycles. The Morgan fingerprint density at radius 2 is 1.60 bits per heavy atom. The lowest BCUT2D eigenvalue weighted by molar-refractivity contribution is -0.136. The molecule has 1 unspecified atom stereocenters. The number of piperidine rings is 3. The van der Waals surface area contributed by atoms with Crippen molar-refractivity contribution in [2.75, 3.05) is 81.8 Å². The predicted molar refractivity (Wildman–Crippen MR) is 244 cm³/mol. The molecule has 63 heavy (non-hydrogen) atoms. The summed E-state index contributed by atoms with van der Waals surface area (Å²) in [4.78, 5) is 68.2. The lowest BCUT2D eigenvalue weighted by Crippen LogP contribution is -2.61. The van der Waals surface area contributed by atoms with E-state index in [2.05, 4.69) is 52.8 Å². The summed E-state index contributed by atoms with van der Waals surface area (Å²) in [6.45, 7) is 10.6. The number of amides is 4. The molecule has 4 saturated heterocycles. The Kier molecular flexibility index (Phi) is 12.0. The molecule has 0 radical (unpaired) electrons. The number of anilines is 5. The van der Waals surface area contributed by atoms with Gasteiger partial charge in [0.25, 0.3) is 11.8 Å². The van der Waals surface area contributed by atoms with Crippen molar-refractivity contribution in [3.63, 3.8) is 0 Å². The standard InChI is InChI=1S/C46H53ClN9O6P/c1-62-39-22-30(8-11-36(39)50-46-48-24-35(47)42(52-46)49-37-6-4-5-7-40(37)63(2,3)61)29-16-20-55(21-17-29)32-26-53(27-32)25-28-14-18-54(19-15-28)31-9-10-33-34(23-31)45(60)56(44(33)59)38-12-13-41(57)51-43(38)58/h4-11,22-24,28-29,32,38H,12-21,25-27H2,1-3H3,(H,51,57,58)(H2,48,49,50,52). The van der Waals surface area contributed by atoms with Gasteiger partial charge >= 0.3 is 0 Å². The number of imide groups is 2. The number of rotatable bonds is 12. The summed E-state index contributed by atoms with van der Waals surface area (Å²) in [5.41, 5.74) is 4.24. The monoisotopic (exact) mass is 893 g/mol. The number of carbonyl (C=O) groups is 4. The first-order chi connectivity index (χ1) is 30.3. The number of hydrogen-bond donors (Lipinski definition) is 3. The number of halogens is 1. The molecule has 3 N–H and O–H groups in total. The second-order valence-corrected chi connectivity index (χ2v) is 21.3. The molecule has 0 aliphatic carbocycles. The lowest BCUT2D eigenvalue weighted by Gasteiger charge is -2.49. The molecular weight excluding hydrogens is 841 g/mol. The third kappa shape index (κ3) is 8.93. The third-order valence-corrected chi connectivity index (χ3v) is 15.2. The molecule has 0 saturated carbocycles. The van der Waals surface area contributed by atoms with Gasteiger partial charge in [-0.25, -0.2) is 4.98 Å². The van der Waals surface area contributed by atoms with Crippen LogP contribution in [0.25, 0.3) is 0 Å². The van der Waals surface area contributed by atoms with Crippen LogP contribution in [0.1, 0.15) is 70.7 Å². The van der Waals surface area contributed by atoms with Crippen LogP contribution < -0.4 is 30.9 Å². The molecule has 9 rings (SSSR count). The fourth-order valence-electron chi connectivity index (χ4n) is 9.79. The Labute approximate surface area is 372 Å². The van der Waals surface area contributed by atoms with Gasteiger partial charge in [0.15, 0.2) is 5.82 Å². The minimum absolute atomic E-state index is 0.0988. The fourth-order valence-corrected chi connectivity index (χ4v) is 11.1. The van der Waals surface area contributed by atoms with Crippen molar-refractivity contribution in [1.29, 1.82) is 0 Å². The van der Waals surface area contributed by atoms with Gasteiger partial charge in [0.05, 0.1) is 35.8 Å². The molecule has 4 fully saturated rings. The van der Waals surface area contributed by atoms with Crippen LogP contribution in [0.3, 0.4) is 0 Å². The molecule has 3 aromatic carbocycles. The van der Waals surface area contributed by atoms with Crippen molar-refractivity contribution in [2.45, 2.75) is 56.5 Å². The highest BCUT2D eigenvalue weighted by atomic mass is 35.5. The van der Waals surface area contributed by atoms with Crippen molar-refractivity contribution in [3.8, 4) is 5.75 Å². The first-order valence-electron chi connectivity index (χ1n) is 21.8. The minimum atomic E-state index is -2.55. The summed E-state index contributed by atoms with van der Waals surface area (Å²) in [6.07, 6.45) is 6.06. The van der Waals surface area contributed by atoms with Gasteiger partial charge in [0.1, 0.15) is 24.0 Å². The van der Waals surface area contributed by atoms with Gasteiger partial charge in [-0.1, -0.05) is 29.8 Å². The van der Waals surface area contributed by atoms with Crippen LogP contribution in [0.15, 0.2) is 66.9 Å². The van der Waals surface area contributed by atoms with Gasteiger partial charge in [0, 0.05) is 56.2 Å². The molecule has 5 aliphatic heterocycles. The zero-order chi connectivity index (χ0) is 44.0. The summed E-state index contributed by atoms with van der Waals surface area (Å²) in [6, 6.07) is 18.8. The third-order valence-electron chi connectivity index (χ3n) is 13.3. The Morgan fingerprint density at radius 3 is 2.33 bits per heavy atom. The Hall–Kier alpha value is -5.34. The van der Waals surface area contributed by atoms with E-state index < -0.39 is 30.9 Å². The largest absolute Gasteiger partial charge is 0.495 e. The molecule has 1 atom stereocenters.